The molecular weight excluding hydrogens is 254 g/mol. The number of carbonyl (C=O) groups excluding carboxylic acids is 1. The van der Waals surface area contributed by atoms with Crippen molar-refractivity contribution in [2.45, 2.75) is 40.0 Å². The quantitative estimate of drug-likeness (QED) is 0.678. The fourth-order valence-electron chi connectivity index (χ4n) is 1.68. The molecule has 0 aliphatic carbocycles. The van der Waals surface area contributed by atoms with E-state index in [0.717, 1.165) is 24.0 Å². The number of anilines is 2. The summed E-state index contributed by atoms with van der Waals surface area (Å²) in [7, 11) is 0. The van der Waals surface area contributed by atoms with Crippen LogP contribution in [-0.4, -0.2) is 35.5 Å². The van der Waals surface area contributed by atoms with Gasteiger partial charge in [0.1, 0.15) is 17.5 Å². The fraction of sp³-hybridized carbons (Fsp3) is 0.643. The molecule has 0 unspecified atom stereocenters. The van der Waals surface area contributed by atoms with Gasteiger partial charge in [-0.05, 0) is 13.8 Å². The topological polar surface area (TPSA) is 78.9 Å². The normalized spacial score (nSPS) is 10.4. The Labute approximate surface area is 120 Å². The van der Waals surface area contributed by atoms with Crippen LogP contribution in [0, 0.1) is 0 Å². The lowest BCUT2D eigenvalue weighted by Crippen LogP contribution is -2.25. The van der Waals surface area contributed by atoms with Gasteiger partial charge in [-0.1, -0.05) is 13.8 Å². The molecule has 0 spiro atoms. The van der Waals surface area contributed by atoms with Crippen molar-refractivity contribution in [2.75, 3.05) is 30.3 Å². The first-order chi connectivity index (χ1) is 9.56. The summed E-state index contributed by atoms with van der Waals surface area (Å²) in [5, 5.41) is 9.14. The summed E-state index contributed by atoms with van der Waals surface area (Å²) in [5.74, 6) is 2.67. The van der Waals surface area contributed by atoms with Gasteiger partial charge in [0.05, 0.1) is 0 Å². The van der Waals surface area contributed by atoms with Crippen molar-refractivity contribution < 1.29 is 4.79 Å². The molecule has 0 saturated carbocycles. The van der Waals surface area contributed by atoms with Crippen LogP contribution in [-0.2, 0) is 4.79 Å². The Bertz CT molecular complexity index is 434. The van der Waals surface area contributed by atoms with E-state index in [1.807, 2.05) is 19.9 Å². The van der Waals surface area contributed by atoms with Crippen LogP contribution in [0.15, 0.2) is 6.07 Å². The molecule has 0 bridgehead atoms. The first-order valence-electron chi connectivity index (χ1n) is 7.20. The molecule has 6 nitrogen and oxygen atoms in total. The number of carbonyl (C=O) groups is 1. The van der Waals surface area contributed by atoms with Crippen molar-refractivity contribution in [3.05, 3.63) is 11.9 Å². The molecule has 3 N–H and O–H groups in total. The number of hydrogen-bond donors (Lipinski definition) is 3. The lowest BCUT2D eigenvalue weighted by Gasteiger charge is -2.12. The third-order valence-electron chi connectivity index (χ3n) is 2.65. The molecule has 1 aromatic rings. The molecule has 0 saturated heterocycles. The van der Waals surface area contributed by atoms with E-state index in [1.54, 1.807) is 0 Å². The summed E-state index contributed by atoms with van der Waals surface area (Å²) >= 11 is 0. The number of nitrogens with one attached hydrogen (secondary N) is 3. The summed E-state index contributed by atoms with van der Waals surface area (Å²) in [6, 6.07) is 1.87. The SMILES string of the molecule is CCNC(=O)CCNc1cc(NCC)nc(C(C)C)n1. The molecule has 0 aliphatic heterocycles. The summed E-state index contributed by atoms with van der Waals surface area (Å²) in [4.78, 5) is 20.3. The van der Waals surface area contributed by atoms with Gasteiger partial charge in [-0.25, -0.2) is 9.97 Å². The minimum absolute atomic E-state index is 0.0463. The molecule has 6 heteroatoms. The molecule has 1 heterocycles. The monoisotopic (exact) mass is 279 g/mol. The van der Waals surface area contributed by atoms with Crippen molar-refractivity contribution in [3.8, 4) is 0 Å². The second kappa shape index (κ2) is 8.35. The average Bonchev–Trinajstić information content (AvgIpc) is 2.39. The van der Waals surface area contributed by atoms with Gasteiger partial charge < -0.3 is 16.0 Å². The van der Waals surface area contributed by atoms with Crippen LogP contribution < -0.4 is 16.0 Å². The maximum absolute atomic E-state index is 11.4. The Balaban J connectivity index is 2.66. The van der Waals surface area contributed by atoms with Crippen LogP contribution in [0.2, 0.25) is 0 Å². The zero-order valence-electron chi connectivity index (χ0n) is 12.8. The molecule has 1 amide bonds. The van der Waals surface area contributed by atoms with E-state index in [0.29, 0.717) is 19.5 Å². The number of aromatic nitrogens is 2. The second-order valence-electron chi connectivity index (χ2n) is 4.81. The van der Waals surface area contributed by atoms with Crippen molar-refractivity contribution in [2.24, 2.45) is 0 Å². The van der Waals surface area contributed by atoms with Crippen molar-refractivity contribution in [3.63, 3.8) is 0 Å². The van der Waals surface area contributed by atoms with Crippen LogP contribution >= 0.6 is 0 Å². The van der Waals surface area contributed by atoms with Crippen molar-refractivity contribution in [1.29, 1.82) is 0 Å². The largest absolute Gasteiger partial charge is 0.370 e. The molecule has 0 aliphatic rings. The summed E-state index contributed by atoms with van der Waals surface area (Å²) < 4.78 is 0. The Morgan fingerprint density at radius 1 is 1.15 bits per heavy atom. The molecular formula is C14H25N5O. The van der Waals surface area contributed by atoms with Crippen LogP contribution in [0.4, 0.5) is 11.6 Å². The second-order valence-corrected chi connectivity index (χ2v) is 4.81. The predicted molar refractivity (Wildman–Crippen MR) is 82.1 cm³/mol. The van der Waals surface area contributed by atoms with E-state index in [1.165, 1.54) is 0 Å². The maximum atomic E-state index is 11.4. The van der Waals surface area contributed by atoms with Gasteiger partial charge in [0.25, 0.3) is 0 Å². The summed E-state index contributed by atoms with van der Waals surface area (Å²) in [6.07, 6.45) is 0.436. The van der Waals surface area contributed by atoms with Crippen LogP contribution in [0.3, 0.4) is 0 Å². The number of amides is 1. The molecule has 1 rings (SSSR count). The van der Waals surface area contributed by atoms with Gasteiger partial charge in [-0.2, -0.15) is 0 Å². The van der Waals surface area contributed by atoms with E-state index >= 15 is 0 Å². The Morgan fingerprint density at radius 3 is 2.35 bits per heavy atom. The number of rotatable bonds is 8. The average molecular weight is 279 g/mol. The van der Waals surface area contributed by atoms with Gasteiger partial charge in [-0.3, -0.25) is 4.79 Å². The van der Waals surface area contributed by atoms with Gasteiger partial charge in [0.2, 0.25) is 5.91 Å². The highest BCUT2D eigenvalue weighted by Crippen LogP contribution is 2.16. The smallest absolute Gasteiger partial charge is 0.221 e. The molecule has 0 fully saturated rings. The molecule has 0 atom stereocenters. The van der Waals surface area contributed by atoms with Gasteiger partial charge in [0.15, 0.2) is 0 Å². The molecule has 0 aromatic carbocycles. The van der Waals surface area contributed by atoms with Crippen molar-refractivity contribution in [1.82, 2.24) is 15.3 Å². The zero-order chi connectivity index (χ0) is 15.0. The Kier molecular flexibility index (Phi) is 6.76. The van der Waals surface area contributed by atoms with E-state index in [4.69, 9.17) is 0 Å². The molecule has 1 aromatic heterocycles. The number of hydrogen-bond acceptors (Lipinski definition) is 5. The van der Waals surface area contributed by atoms with E-state index in [-0.39, 0.29) is 11.8 Å². The highest BCUT2D eigenvalue weighted by molar-refractivity contribution is 5.76. The van der Waals surface area contributed by atoms with E-state index in [2.05, 4.69) is 39.8 Å². The van der Waals surface area contributed by atoms with Gasteiger partial charge in [0, 0.05) is 38.0 Å². The van der Waals surface area contributed by atoms with Gasteiger partial charge >= 0.3 is 0 Å². The van der Waals surface area contributed by atoms with Gasteiger partial charge in [-0.15, -0.1) is 0 Å². The Morgan fingerprint density at radius 2 is 1.80 bits per heavy atom. The van der Waals surface area contributed by atoms with Crippen LogP contribution in [0.5, 0.6) is 0 Å². The third-order valence-corrected chi connectivity index (χ3v) is 2.65. The molecule has 20 heavy (non-hydrogen) atoms. The minimum atomic E-state index is 0.0463. The van der Waals surface area contributed by atoms with Crippen LogP contribution in [0.1, 0.15) is 45.9 Å². The summed E-state index contributed by atoms with van der Waals surface area (Å²) in [5.41, 5.74) is 0. The number of nitrogens with zero attached hydrogens (tertiary/aromatic N) is 2. The predicted octanol–water partition coefficient (Wildman–Crippen LogP) is 1.97. The summed E-state index contributed by atoms with van der Waals surface area (Å²) in [6.45, 7) is 10.1. The lowest BCUT2D eigenvalue weighted by atomic mass is 10.2. The third kappa shape index (κ3) is 5.42. The van der Waals surface area contributed by atoms with E-state index < -0.39 is 0 Å². The maximum Gasteiger partial charge on any atom is 0.221 e. The minimum Gasteiger partial charge on any atom is -0.370 e. The lowest BCUT2D eigenvalue weighted by molar-refractivity contribution is -0.120. The first kappa shape index (κ1) is 16.2. The van der Waals surface area contributed by atoms with Crippen molar-refractivity contribution >= 4 is 17.5 Å². The highest BCUT2D eigenvalue weighted by Gasteiger charge is 2.08. The fourth-order valence-corrected chi connectivity index (χ4v) is 1.68. The Hall–Kier alpha value is -1.85. The first-order valence-corrected chi connectivity index (χ1v) is 7.20. The highest BCUT2D eigenvalue weighted by atomic mass is 16.1. The zero-order valence-corrected chi connectivity index (χ0v) is 12.8. The molecule has 112 valence electrons. The standard InChI is InChI=1S/C14H25N5O/c1-5-15-11-9-12(19-14(18-11)10(3)4)17-8-7-13(20)16-6-2/h9-10H,5-8H2,1-4H3,(H,16,20)(H2,15,17,18,19). The van der Waals surface area contributed by atoms with Crippen LogP contribution in [0.25, 0.3) is 0 Å². The molecule has 0 radical (unpaired) electrons. The van der Waals surface area contributed by atoms with E-state index in [9.17, 15) is 4.79 Å².